The van der Waals surface area contributed by atoms with Crippen molar-refractivity contribution >= 4 is 11.8 Å². The fraction of sp³-hybridized carbons (Fsp3) is 0.481. The zero-order valence-electron chi connectivity index (χ0n) is 20.9. The molecule has 2 heterocycles. The Bertz CT molecular complexity index is 1210. The van der Waals surface area contributed by atoms with Crippen LogP contribution in [0.15, 0.2) is 40.9 Å². The van der Waals surface area contributed by atoms with E-state index in [4.69, 9.17) is 28.4 Å². The summed E-state index contributed by atoms with van der Waals surface area (Å²) in [4.78, 5) is 26.0. The molecule has 8 heteroatoms. The highest BCUT2D eigenvalue weighted by atomic mass is 16.7. The summed E-state index contributed by atoms with van der Waals surface area (Å²) in [6.07, 6.45) is 3.38. The molecule has 35 heavy (non-hydrogen) atoms. The molecule has 1 aromatic rings. The van der Waals surface area contributed by atoms with Gasteiger partial charge in [-0.1, -0.05) is 19.9 Å². The van der Waals surface area contributed by atoms with E-state index >= 15 is 0 Å². The van der Waals surface area contributed by atoms with E-state index in [1.807, 2.05) is 6.07 Å². The molecule has 0 saturated heterocycles. The third-order valence-corrected chi connectivity index (χ3v) is 7.80. The normalized spacial score (nSPS) is 28.9. The first-order chi connectivity index (χ1) is 16.8. The number of allylic oxidation sites excluding steroid dienone is 2. The average molecular weight is 483 g/mol. The summed E-state index contributed by atoms with van der Waals surface area (Å²) >= 11 is 0. The second-order valence-electron chi connectivity index (χ2n) is 9.54. The Balaban J connectivity index is 1.83. The van der Waals surface area contributed by atoms with Crippen LogP contribution in [-0.4, -0.2) is 39.4 Å². The molecule has 0 amide bonds. The number of hydrogen-bond acceptors (Lipinski definition) is 8. The second-order valence-corrected chi connectivity index (χ2v) is 9.54. The van der Waals surface area contributed by atoms with Crippen LogP contribution >= 0.6 is 0 Å². The van der Waals surface area contributed by atoms with Crippen LogP contribution in [0.25, 0.3) is 0 Å². The lowest BCUT2D eigenvalue weighted by Gasteiger charge is -2.42. The van der Waals surface area contributed by atoms with Crippen LogP contribution in [0.3, 0.4) is 0 Å². The fourth-order valence-corrected chi connectivity index (χ4v) is 5.62. The van der Waals surface area contributed by atoms with Gasteiger partial charge in [0, 0.05) is 22.6 Å². The smallest absolute Gasteiger partial charge is 0.333 e. The molecule has 1 aromatic carbocycles. The van der Waals surface area contributed by atoms with E-state index in [1.165, 1.54) is 14.2 Å². The topological polar surface area (TPSA) is 89.5 Å². The van der Waals surface area contributed by atoms with Gasteiger partial charge in [-0.2, -0.15) is 0 Å². The van der Waals surface area contributed by atoms with Crippen molar-refractivity contribution in [3.8, 4) is 17.2 Å². The zero-order valence-corrected chi connectivity index (χ0v) is 20.9. The van der Waals surface area contributed by atoms with Gasteiger partial charge in [-0.3, -0.25) is 4.79 Å². The van der Waals surface area contributed by atoms with E-state index < -0.39 is 11.5 Å². The van der Waals surface area contributed by atoms with Crippen LogP contribution in [0.2, 0.25) is 0 Å². The average Bonchev–Trinajstić information content (AvgIpc) is 3.47. The molecule has 1 spiro atoms. The summed E-state index contributed by atoms with van der Waals surface area (Å²) in [6, 6.07) is 1.88. The fourth-order valence-electron chi connectivity index (χ4n) is 5.62. The lowest BCUT2D eigenvalue weighted by atomic mass is 9.62. The summed E-state index contributed by atoms with van der Waals surface area (Å²) in [7, 11) is 2.98. The highest BCUT2D eigenvalue weighted by Crippen LogP contribution is 2.62. The summed E-state index contributed by atoms with van der Waals surface area (Å²) in [5, 5.41) is 0. The van der Waals surface area contributed by atoms with Crippen molar-refractivity contribution in [2.45, 2.75) is 45.6 Å². The van der Waals surface area contributed by atoms with Crippen LogP contribution < -0.4 is 14.2 Å². The molecule has 4 aliphatic rings. The maximum atomic E-state index is 13.0. The summed E-state index contributed by atoms with van der Waals surface area (Å²) in [5.74, 6) is 1.45. The number of carbonyl (C=O) groups excluding carboxylic acids is 2. The maximum Gasteiger partial charge on any atom is 0.333 e. The van der Waals surface area contributed by atoms with E-state index in [1.54, 1.807) is 26.0 Å². The maximum absolute atomic E-state index is 13.0. The molecule has 0 radical (unpaired) electrons. The van der Waals surface area contributed by atoms with Gasteiger partial charge in [0.05, 0.1) is 14.2 Å². The molecular weight excluding hydrogens is 452 g/mol. The molecule has 2 aliphatic heterocycles. The number of esters is 1. The zero-order chi connectivity index (χ0) is 25.1. The molecule has 0 bridgehead atoms. The largest absolute Gasteiger partial charge is 0.496 e. The number of fused-ring (bicyclic) bond motifs is 2. The third kappa shape index (κ3) is 3.18. The first-order valence-electron chi connectivity index (χ1n) is 11.8. The molecule has 4 unspecified atom stereocenters. The summed E-state index contributed by atoms with van der Waals surface area (Å²) in [6.45, 7) is 7.96. The van der Waals surface area contributed by atoms with Crippen molar-refractivity contribution in [3.63, 3.8) is 0 Å². The lowest BCUT2D eigenvalue weighted by molar-refractivity contribution is -0.148. The molecule has 8 nitrogen and oxygen atoms in total. The van der Waals surface area contributed by atoms with Crippen LogP contribution in [-0.2, 0) is 29.2 Å². The molecule has 0 saturated carbocycles. The number of rotatable bonds is 4. The lowest BCUT2D eigenvalue weighted by Crippen LogP contribution is -2.42. The van der Waals surface area contributed by atoms with Crippen molar-refractivity contribution in [1.82, 2.24) is 0 Å². The predicted molar refractivity (Wildman–Crippen MR) is 125 cm³/mol. The van der Waals surface area contributed by atoms with E-state index in [0.29, 0.717) is 35.0 Å². The van der Waals surface area contributed by atoms with Crippen molar-refractivity contribution in [3.05, 3.63) is 52.0 Å². The molecule has 2 aliphatic carbocycles. The number of ketones is 1. The first-order valence-corrected chi connectivity index (χ1v) is 11.8. The van der Waals surface area contributed by atoms with Gasteiger partial charge in [-0.05, 0) is 43.9 Å². The minimum absolute atomic E-state index is 0.0627. The minimum Gasteiger partial charge on any atom is -0.496 e. The highest BCUT2D eigenvalue weighted by molar-refractivity contribution is 6.05. The van der Waals surface area contributed by atoms with Crippen LogP contribution in [0.4, 0.5) is 0 Å². The van der Waals surface area contributed by atoms with E-state index in [9.17, 15) is 9.59 Å². The Kier molecular flexibility index (Phi) is 5.57. The van der Waals surface area contributed by atoms with Gasteiger partial charge in [0.2, 0.25) is 24.1 Å². The van der Waals surface area contributed by atoms with E-state index in [-0.39, 0.29) is 42.7 Å². The molecule has 0 N–H and O–H groups in total. The molecule has 186 valence electrons. The van der Waals surface area contributed by atoms with E-state index in [2.05, 4.69) is 13.8 Å². The van der Waals surface area contributed by atoms with Gasteiger partial charge < -0.3 is 28.4 Å². The summed E-state index contributed by atoms with van der Waals surface area (Å²) in [5.41, 5.74) is 2.00. The monoisotopic (exact) mass is 482 g/mol. The van der Waals surface area contributed by atoms with Gasteiger partial charge in [0.25, 0.3) is 0 Å². The summed E-state index contributed by atoms with van der Waals surface area (Å²) < 4.78 is 35.4. The molecular formula is C27H30O8. The Morgan fingerprint density at radius 1 is 1.14 bits per heavy atom. The van der Waals surface area contributed by atoms with E-state index in [0.717, 1.165) is 16.7 Å². The Morgan fingerprint density at radius 3 is 2.60 bits per heavy atom. The van der Waals surface area contributed by atoms with Gasteiger partial charge in [0.1, 0.15) is 18.1 Å². The second kappa shape index (κ2) is 8.36. The van der Waals surface area contributed by atoms with Gasteiger partial charge in [-0.15, -0.1) is 0 Å². The number of carbonyl (C=O) groups is 2. The molecule has 4 atom stereocenters. The van der Waals surface area contributed by atoms with Crippen LogP contribution in [0, 0.1) is 11.8 Å². The van der Waals surface area contributed by atoms with Gasteiger partial charge in [0.15, 0.2) is 17.3 Å². The third-order valence-electron chi connectivity index (χ3n) is 7.80. The minimum atomic E-state index is -0.922. The quantitative estimate of drug-likeness (QED) is 0.464. The van der Waals surface area contributed by atoms with Crippen molar-refractivity contribution in [2.24, 2.45) is 11.8 Å². The number of benzene rings is 1. The number of ether oxygens (including phenoxy) is 6. The Hall–Kier alpha value is -3.42. The molecule has 5 rings (SSSR count). The SMILES string of the molecule is C/C=C(/C)C(=O)OC1c2cc3c(c4c2C2(CO4)C(=CC(=O)C(OC)=C2OC)CC(C)C1C)OCO3. The first kappa shape index (κ1) is 23.3. The number of methoxy groups -OCH3 is 2. The van der Waals surface area contributed by atoms with Crippen LogP contribution in [0.5, 0.6) is 17.2 Å². The molecule has 0 aromatic heterocycles. The molecule has 0 fully saturated rings. The standard InChI is InChI=1S/C27H30O8/c1-7-13(2)26(29)35-21-15(4)14(3)8-16-9-18(28)22(30-5)25(31-6)27(16)11-32-24-20(27)17(21)10-19-23(24)34-12-33-19/h7,9-10,14-15,21H,8,11-12H2,1-6H3/b13-7-. The Labute approximate surface area is 204 Å². The van der Waals surface area contributed by atoms with Crippen molar-refractivity contribution in [2.75, 3.05) is 27.6 Å². The highest BCUT2D eigenvalue weighted by Gasteiger charge is 2.58. The van der Waals surface area contributed by atoms with Gasteiger partial charge >= 0.3 is 5.97 Å². The van der Waals surface area contributed by atoms with Crippen molar-refractivity contribution < 1.29 is 38.0 Å². The predicted octanol–water partition coefficient (Wildman–Crippen LogP) is 4.29. The van der Waals surface area contributed by atoms with Crippen LogP contribution in [0.1, 0.15) is 51.3 Å². The Morgan fingerprint density at radius 2 is 1.91 bits per heavy atom. The number of hydrogen-bond donors (Lipinski definition) is 0. The van der Waals surface area contributed by atoms with Gasteiger partial charge in [-0.25, -0.2) is 4.79 Å². The van der Waals surface area contributed by atoms with Crippen molar-refractivity contribution in [1.29, 1.82) is 0 Å².